The molecule has 5 nitrogen and oxygen atoms in total. The lowest BCUT2D eigenvalue weighted by Crippen LogP contribution is -2.44. The Kier molecular flexibility index (Phi) is 6.03. The Morgan fingerprint density at radius 3 is 2.29 bits per heavy atom. The number of carbonyl (C=O) groups is 2. The highest BCUT2D eigenvalue weighted by atomic mass is 19.1. The first-order valence-electron chi connectivity index (χ1n) is 7.36. The molecule has 2 atom stereocenters. The summed E-state index contributed by atoms with van der Waals surface area (Å²) in [7, 11) is 1.38. The lowest BCUT2D eigenvalue weighted by molar-refractivity contribution is -0.144. The second-order valence-corrected chi connectivity index (χ2v) is 5.26. The van der Waals surface area contributed by atoms with Crippen LogP contribution in [0.4, 0.5) is 4.39 Å². The number of ether oxygens (including phenoxy) is 1. The summed E-state index contributed by atoms with van der Waals surface area (Å²) in [6.07, 6.45) is -0.853. The van der Waals surface area contributed by atoms with E-state index < -0.39 is 29.8 Å². The highest BCUT2D eigenvalue weighted by Gasteiger charge is 2.26. The molecule has 0 unspecified atom stereocenters. The van der Waals surface area contributed by atoms with Gasteiger partial charge in [-0.25, -0.2) is 9.18 Å². The molecule has 0 radical (unpaired) electrons. The summed E-state index contributed by atoms with van der Waals surface area (Å²) in [4.78, 5) is 23.8. The molecule has 0 aliphatic rings. The van der Waals surface area contributed by atoms with Crippen molar-refractivity contribution in [1.82, 2.24) is 5.32 Å². The van der Waals surface area contributed by atoms with Gasteiger partial charge in [-0.05, 0) is 23.3 Å². The van der Waals surface area contributed by atoms with Crippen molar-refractivity contribution in [2.24, 2.45) is 0 Å². The van der Waals surface area contributed by atoms with Crippen molar-refractivity contribution in [2.75, 3.05) is 7.11 Å². The van der Waals surface area contributed by atoms with Crippen molar-refractivity contribution in [3.63, 3.8) is 0 Å². The number of carboxylic acid groups (broad SMARTS) is 1. The van der Waals surface area contributed by atoms with Gasteiger partial charge in [-0.15, -0.1) is 0 Å². The van der Waals surface area contributed by atoms with Gasteiger partial charge in [-0.1, -0.05) is 42.5 Å². The minimum atomic E-state index is -1.17. The van der Waals surface area contributed by atoms with E-state index in [2.05, 4.69) is 5.32 Å². The SMILES string of the molecule is CO[C@@H](C(=O)N[C@@H](Cc1ccc(F)cc1)C(=O)O)c1ccccc1. The third-order valence-electron chi connectivity index (χ3n) is 3.54. The molecule has 2 aromatic carbocycles. The molecule has 24 heavy (non-hydrogen) atoms. The molecule has 0 aliphatic carbocycles. The third-order valence-corrected chi connectivity index (χ3v) is 3.54. The molecule has 0 bridgehead atoms. The maximum absolute atomic E-state index is 12.9. The number of aliphatic carboxylic acids is 1. The number of amides is 1. The van der Waals surface area contributed by atoms with Crippen LogP contribution in [0.2, 0.25) is 0 Å². The maximum Gasteiger partial charge on any atom is 0.326 e. The normalized spacial score (nSPS) is 13.1. The van der Waals surface area contributed by atoms with Gasteiger partial charge in [0.15, 0.2) is 6.10 Å². The fourth-order valence-corrected chi connectivity index (χ4v) is 2.33. The highest BCUT2D eigenvalue weighted by Crippen LogP contribution is 2.17. The van der Waals surface area contributed by atoms with Crippen molar-refractivity contribution >= 4 is 11.9 Å². The first-order chi connectivity index (χ1) is 11.5. The van der Waals surface area contributed by atoms with E-state index in [1.54, 1.807) is 24.3 Å². The monoisotopic (exact) mass is 331 g/mol. The zero-order valence-electron chi connectivity index (χ0n) is 13.1. The van der Waals surface area contributed by atoms with E-state index in [1.165, 1.54) is 31.4 Å². The minimum Gasteiger partial charge on any atom is -0.480 e. The van der Waals surface area contributed by atoms with Crippen molar-refractivity contribution in [3.8, 4) is 0 Å². The van der Waals surface area contributed by atoms with E-state index in [1.807, 2.05) is 6.07 Å². The standard InChI is InChI=1S/C18H18FNO4/c1-24-16(13-5-3-2-4-6-13)17(21)20-15(18(22)23)11-12-7-9-14(19)10-8-12/h2-10,15-16H,11H2,1H3,(H,20,21)(H,22,23)/t15-,16+/m0/s1. The molecule has 2 rings (SSSR count). The molecular weight excluding hydrogens is 313 g/mol. The van der Waals surface area contributed by atoms with Crippen molar-refractivity contribution in [3.05, 3.63) is 71.5 Å². The first kappa shape index (κ1) is 17.6. The number of nitrogens with one attached hydrogen (secondary N) is 1. The van der Waals surface area contributed by atoms with Crippen molar-refractivity contribution in [2.45, 2.75) is 18.6 Å². The molecule has 2 N–H and O–H groups in total. The molecular formula is C18H18FNO4. The second-order valence-electron chi connectivity index (χ2n) is 5.26. The molecule has 0 saturated carbocycles. The second kappa shape index (κ2) is 8.21. The van der Waals surface area contributed by atoms with E-state index in [9.17, 15) is 19.1 Å². The van der Waals surface area contributed by atoms with Crippen LogP contribution in [0.5, 0.6) is 0 Å². The fourth-order valence-electron chi connectivity index (χ4n) is 2.33. The molecule has 6 heteroatoms. The Bertz CT molecular complexity index is 688. The molecule has 0 fully saturated rings. The average Bonchev–Trinajstić information content (AvgIpc) is 2.57. The van der Waals surface area contributed by atoms with Crippen LogP contribution in [0, 0.1) is 5.82 Å². The van der Waals surface area contributed by atoms with Crippen LogP contribution >= 0.6 is 0 Å². The van der Waals surface area contributed by atoms with Gasteiger partial charge >= 0.3 is 5.97 Å². The summed E-state index contributed by atoms with van der Waals surface area (Å²) in [6, 6.07) is 13.1. The molecule has 1 amide bonds. The van der Waals surface area contributed by atoms with Crippen molar-refractivity contribution < 1.29 is 23.8 Å². The van der Waals surface area contributed by atoms with E-state index >= 15 is 0 Å². The van der Waals surface area contributed by atoms with E-state index in [0.29, 0.717) is 11.1 Å². The first-order valence-corrected chi connectivity index (χ1v) is 7.36. The number of carbonyl (C=O) groups excluding carboxylic acids is 1. The van der Waals surface area contributed by atoms with Gasteiger partial charge in [0.05, 0.1) is 0 Å². The number of halogens is 1. The van der Waals surface area contributed by atoms with Gasteiger partial charge in [0.2, 0.25) is 0 Å². The van der Waals surface area contributed by atoms with Crippen LogP contribution in [0.1, 0.15) is 17.2 Å². The van der Waals surface area contributed by atoms with Gasteiger partial charge in [-0.2, -0.15) is 0 Å². The Balaban J connectivity index is 2.10. The summed E-state index contributed by atoms with van der Waals surface area (Å²) in [5.74, 6) is -2.12. The molecule has 0 heterocycles. The number of benzene rings is 2. The van der Waals surface area contributed by atoms with E-state index in [4.69, 9.17) is 4.74 Å². The minimum absolute atomic E-state index is 0.0482. The van der Waals surface area contributed by atoms with Gasteiger partial charge in [0, 0.05) is 13.5 Å². The zero-order chi connectivity index (χ0) is 17.5. The molecule has 0 spiro atoms. The Morgan fingerprint density at radius 2 is 1.75 bits per heavy atom. The van der Waals surface area contributed by atoms with Crippen LogP contribution in [-0.2, 0) is 20.7 Å². The largest absolute Gasteiger partial charge is 0.480 e. The van der Waals surface area contributed by atoms with E-state index in [0.717, 1.165) is 0 Å². The van der Waals surface area contributed by atoms with Crippen LogP contribution in [-0.4, -0.2) is 30.1 Å². The number of methoxy groups -OCH3 is 1. The van der Waals surface area contributed by atoms with Gasteiger partial charge in [0.1, 0.15) is 11.9 Å². The molecule has 0 aromatic heterocycles. The van der Waals surface area contributed by atoms with Gasteiger partial charge in [-0.3, -0.25) is 4.79 Å². The number of hydrogen-bond acceptors (Lipinski definition) is 3. The molecule has 0 saturated heterocycles. The zero-order valence-corrected chi connectivity index (χ0v) is 13.1. The van der Waals surface area contributed by atoms with Crippen LogP contribution < -0.4 is 5.32 Å². The molecule has 0 aliphatic heterocycles. The number of hydrogen-bond donors (Lipinski definition) is 2. The van der Waals surface area contributed by atoms with Crippen molar-refractivity contribution in [1.29, 1.82) is 0 Å². The van der Waals surface area contributed by atoms with Gasteiger partial charge < -0.3 is 15.2 Å². The lowest BCUT2D eigenvalue weighted by atomic mass is 10.0. The van der Waals surface area contributed by atoms with Gasteiger partial charge in [0.25, 0.3) is 5.91 Å². The van der Waals surface area contributed by atoms with Crippen LogP contribution in [0.25, 0.3) is 0 Å². The summed E-state index contributed by atoms with van der Waals surface area (Å²) in [6.45, 7) is 0. The summed E-state index contributed by atoms with van der Waals surface area (Å²) >= 11 is 0. The topological polar surface area (TPSA) is 75.6 Å². The summed E-state index contributed by atoms with van der Waals surface area (Å²) in [5, 5.41) is 11.8. The summed E-state index contributed by atoms with van der Waals surface area (Å²) in [5.41, 5.74) is 1.24. The Morgan fingerprint density at radius 1 is 1.12 bits per heavy atom. The average molecular weight is 331 g/mol. The highest BCUT2D eigenvalue weighted by molar-refractivity contribution is 5.87. The van der Waals surface area contributed by atoms with Crippen LogP contribution in [0.15, 0.2) is 54.6 Å². The maximum atomic E-state index is 12.9. The van der Waals surface area contributed by atoms with Crippen LogP contribution in [0.3, 0.4) is 0 Å². The smallest absolute Gasteiger partial charge is 0.326 e. The predicted molar refractivity (Wildman–Crippen MR) is 85.9 cm³/mol. The Labute approximate surface area is 139 Å². The van der Waals surface area contributed by atoms with E-state index in [-0.39, 0.29) is 6.42 Å². The lowest BCUT2D eigenvalue weighted by Gasteiger charge is -2.20. The Hall–Kier alpha value is -2.73. The number of rotatable bonds is 7. The number of carboxylic acids is 1. The third kappa shape index (κ3) is 4.63. The predicted octanol–water partition coefficient (Wildman–Crippen LogP) is 2.33. The summed E-state index contributed by atoms with van der Waals surface area (Å²) < 4.78 is 18.1. The molecule has 2 aromatic rings. The quantitative estimate of drug-likeness (QED) is 0.816. The fraction of sp³-hybridized carbons (Fsp3) is 0.222. The molecule has 126 valence electrons.